The molecule has 0 aliphatic carbocycles. The summed E-state index contributed by atoms with van der Waals surface area (Å²) in [6.45, 7) is 4.88. The Balaban J connectivity index is 1.74. The van der Waals surface area contributed by atoms with Crippen LogP contribution in [0.15, 0.2) is 34.7 Å². The van der Waals surface area contributed by atoms with Crippen LogP contribution in [0.1, 0.15) is 36.1 Å². The minimum absolute atomic E-state index is 0.000812. The van der Waals surface area contributed by atoms with Gasteiger partial charge in [0.05, 0.1) is 12.6 Å². The zero-order chi connectivity index (χ0) is 15.5. The molecule has 22 heavy (non-hydrogen) atoms. The van der Waals surface area contributed by atoms with Gasteiger partial charge in [0.1, 0.15) is 11.5 Å². The van der Waals surface area contributed by atoms with Crippen molar-refractivity contribution in [2.45, 2.75) is 25.9 Å². The highest BCUT2D eigenvalue weighted by Gasteiger charge is 2.20. The summed E-state index contributed by atoms with van der Waals surface area (Å²) in [6.07, 6.45) is 0. The number of aryl methyl sites for hydroxylation is 1. The summed E-state index contributed by atoms with van der Waals surface area (Å²) in [6, 6.07) is 10.1. The molecule has 0 fully saturated rings. The van der Waals surface area contributed by atoms with Crippen LogP contribution in [0, 0.1) is 6.92 Å². The summed E-state index contributed by atoms with van der Waals surface area (Å²) in [7, 11) is 1.69. The molecule has 1 aliphatic rings. The van der Waals surface area contributed by atoms with Gasteiger partial charge in [-0.15, -0.1) is 0 Å². The Labute approximate surface area is 130 Å². The van der Waals surface area contributed by atoms with Crippen LogP contribution in [0.4, 0.5) is 0 Å². The molecule has 2 aromatic rings. The number of methoxy groups -OCH3 is 1. The lowest BCUT2D eigenvalue weighted by Crippen LogP contribution is -2.27. The SMILES string of the molecule is COCC(NC(C)c1ccc2c(c1)OCO2)c1ccc(C)o1. The molecule has 0 radical (unpaired) electrons. The van der Waals surface area contributed by atoms with Gasteiger partial charge in [0.25, 0.3) is 0 Å². The van der Waals surface area contributed by atoms with E-state index in [4.69, 9.17) is 18.6 Å². The van der Waals surface area contributed by atoms with Gasteiger partial charge in [-0.1, -0.05) is 6.07 Å². The van der Waals surface area contributed by atoms with Gasteiger partial charge in [-0.05, 0) is 43.7 Å². The molecule has 0 spiro atoms. The molecule has 3 rings (SSSR count). The maximum atomic E-state index is 5.72. The van der Waals surface area contributed by atoms with Crippen LogP contribution in [0.25, 0.3) is 0 Å². The highest BCUT2D eigenvalue weighted by Crippen LogP contribution is 2.34. The Hall–Kier alpha value is -1.98. The smallest absolute Gasteiger partial charge is 0.231 e. The van der Waals surface area contributed by atoms with E-state index in [0.29, 0.717) is 13.4 Å². The quantitative estimate of drug-likeness (QED) is 0.887. The van der Waals surface area contributed by atoms with Crippen molar-refractivity contribution < 1.29 is 18.6 Å². The highest BCUT2D eigenvalue weighted by atomic mass is 16.7. The number of rotatable bonds is 6. The van der Waals surface area contributed by atoms with E-state index in [1.54, 1.807) is 7.11 Å². The lowest BCUT2D eigenvalue weighted by molar-refractivity contribution is 0.151. The minimum Gasteiger partial charge on any atom is -0.465 e. The molecule has 5 heteroatoms. The molecule has 1 aromatic heterocycles. The van der Waals surface area contributed by atoms with E-state index in [0.717, 1.165) is 28.6 Å². The molecule has 1 N–H and O–H groups in total. The fourth-order valence-corrected chi connectivity index (χ4v) is 2.60. The molecule has 1 aromatic carbocycles. The van der Waals surface area contributed by atoms with Gasteiger partial charge in [0, 0.05) is 13.2 Å². The van der Waals surface area contributed by atoms with Gasteiger partial charge >= 0.3 is 0 Å². The minimum atomic E-state index is -0.000812. The topological polar surface area (TPSA) is 52.9 Å². The normalized spacial score (nSPS) is 15.8. The highest BCUT2D eigenvalue weighted by molar-refractivity contribution is 5.45. The Morgan fingerprint density at radius 2 is 2.00 bits per heavy atom. The van der Waals surface area contributed by atoms with E-state index in [2.05, 4.69) is 12.2 Å². The molecule has 2 heterocycles. The average Bonchev–Trinajstić information content (AvgIpc) is 3.14. The largest absolute Gasteiger partial charge is 0.465 e. The molecule has 2 atom stereocenters. The Bertz CT molecular complexity index is 637. The van der Waals surface area contributed by atoms with Crippen molar-refractivity contribution in [3.63, 3.8) is 0 Å². The number of hydrogen-bond donors (Lipinski definition) is 1. The fraction of sp³-hybridized carbons (Fsp3) is 0.412. The second kappa shape index (κ2) is 6.42. The number of hydrogen-bond acceptors (Lipinski definition) is 5. The number of ether oxygens (including phenoxy) is 3. The number of nitrogens with one attached hydrogen (secondary N) is 1. The average molecular weight is 303 g/mol. The van der Waals surface area contributed by atoms with E-state index >= 15 is 0 Å². The molecule has 0 saturated heterocycles. The predicted octanol–water partition coefficient (Wildman–Crippen LogP) is 3.36. The van der Waals surface area contributed by atoms with Gasteiger partial charge in [0.15, 0.2) is 11.5 Å². The molecular formula is C17H21NO4. The van der Waals surface area contributed by atoms with Crippen LogP contribution in [0.5, 0.6) is 11.5 Å². The van der Waals surface area contributed by atoms with Crippen molar-refractivity contribution >= 4 is 0 Å². The second-order valence-corrected chi connectivity index (χ2v) is 5.46. The zero-order valence-electron chi connectivity index (χ0n) is 13.1. The molecule has 0 saturated carbocycles. The maximum Gasteiger partial charge on any atom is 0.231 e. The summed E-state index contributed by atoms with van der Waals surface area (Å²) in [5, 5.41) is 3.54. The summed E-state index contributed by atoms with van der Waals surface area (Å²) in [5.74, 6) is 3.37. The number of furan rings is 1. The van der Waals surface area contributed by atoms with Crippen molar-refractivity contribution in [3.05, 3.63) is 47.4 Å². The van der Waals surface area contributed by atoms with Crippen molar-refractivity contribution in [2.24, 2.45) is 0 Å². The third kappa shape index (κ3) is 3.10. The van der Waals surface area contributed by atoms with Crippen LogP contribution in [0.2, 0.25) is 0 Å². The standard InChI is InChI=1S/C17H21NO4/c1-11-4-6-15(22-11)14(9-19-3)18-12(2)13-5-7-16-17(8-13)21-10-20-16/h4-8,12,14,18H,9-10H2,1-3H3. The van der Waals surface area contributed by atoms with E-state index in [1.165, 1.54) is 0 Å². The Morgan fingerprint density at radius 1 is 1.18 bits per heavy atom. The third-order valence-electron chi connectivity index (χ3n) is 3.79. The summed E-state index contributed by atoms with van der Waals surface area (Å²) < 4.78 is 21.8. The molecule has 0 bridgehead atoms. The van der Waals surface area contributed by atoms with E-state index in [1.807, 2.05) is 37.3 Å². The first-order chi connectivity index (χ1) is 10.7. The first kappa shape index (κ1) is 14.9. The monoisotopic (exact) mass is 303 g/mol. The molecule has 1 aliphatic heterocycles. The van der Waals surface area contributed by atoms with Crippen molar-refractivity contribution in [2.75, 3.05) is 20.5 Å². The predicted molar refractivity (Wildman–Crippen MR) is 82.2 cm³/mol. The van der Waals surface area contributed by atoms with Gasteiger partial charge in [-0.2, -0.15) is 0 Å². The van der Waals surface area contributed by atoms with Gasteiger partial charge in [-0.25, -0.2) is 0 Å². The Kier molecular flexibility index (Phi) is 4.36. The lowest BCUT2D eigenvalue weighted by atomic mass is 10.1. The van der Waals surface area contributed by atoms with Crippen LogP contribution in [-0.4, -0.2) is 20.5 Å². The van der Waals surface area contributed by atoms with Gasteiger partial charge < -0.3 is 18.6 Å². The molecular weight excluding hydrogens is 282 g/mol. The van der Waals surface area contributed by atoms with Crippen LogP contribution in [0.3, 0.4) is 0 Å². The van der Waals surface area contributed by atoms with Gasteiger partial charge in [0.2, 0.25) is 6.79 Å². The maximum absolute atomic E-state index is 5.72. The van der Waals surface area contributed by atoms with E-state index < -0.39 is 0 Å². The summed E-state index contributed by atoms with van der Waals surface area (Å²) >= 11 is 0. The number of fused-ring (bicyclic) bond motifs is 1. The summed E-state index contributed by atoms with van der Waals surface area (Å²) in [5.41, 5.74) is 1.13. The van der Waals surface area contributed by atoms with Crippen LogP contribution >= 0.6 is 0 Å². The molecule has 2 unspecified atom stereocenters. The fourth-order valence-electron chi connectivity index (χ4n) is 2.60. The van der Waals surface area contributed by atoms with E-state index in [-0.39, 0.29) is 12.1 Å². The first-order valence-corrected chi connectivity index (χ1v) is 7.38. The lowest BCUT2D eigenvalue weighted by Gasteiger charge is -2.22. The van der Waals surface area contributed by atoms with Crippen LogP contribution in [-0.2, 0) is 4.74 Å². The van der Waals surface area contributed by atoms with Crippen LogP contribution < -0.4 is 14.8 Å². The molecule has 118 valence electrons. The van der Waals surface area contributed by atoms with Crippen molar-refractivity contribution in [1.29, 1.82) is 0 Å². The first-order valence-electron chi connectivity index (χ1n) is 7.38. The second-order valence-electron chi connectivity index (χ2n) is 5.46. The number of benzene rings is 1. The molecule has 5 nitrogen and oxygen atoms in total. The van der Waals surface area contributed by atoms with E-state index in [9.17, 15) is 0 Å². The third-order valence-corrected chi connectivity index (χ3v) is 3.79. The summed E-state index contributed by atoms with van der Waals surface area (Å²) in [4.78, 5) is 0. The van der Waals surface area contributed by atoms with Crippen molar-refractivity contribution in [3.8, 4) is 11.5 Å². The van der Waals surface area contributed by atoms with Gasteiger partial charge in [-0.3, -0.25) is 5.32 Å². The molecule has 0 amide bonds. The van der Waals surface area contributed by atoms with Crippen molar-refractivity contribution in [1.82, 2.24) is 5.32 Å². The zero-order valence-corrected chi connectivity index (χ0v) is 13.1. The Morgan fingerprint density at radius 3 is 2.73 bits per heavy atom.